The third-order valence-corrected chi connectivity index (χ3v) is 5.32. The Morgan fingerprint density at radius 2 is 1.30 bits per heavy atom. The minimum atomic E-state index is -1.39. The van der Waals surface area contributed by atoms with Crippen molar-refractivity contribution in [2.24, 2.45) is 0 Å². The number of carboxylic acid groups (broad SMARTS) is 1. The van der Waals surface area contributed by atoms with Gasteiger partial charge in [-0.1, -0.05) is 12.1 Å². The van der Waals surface area contributed by atoms with E-state index in [1.165, 1.54) is 40.9 Å². The molecule has 0 unspecified atom stereocenters. The fourth-order valence-corrected chi connectivity index (χ4v) is 3.85. The van der Waals surface area contributed by atoms with Gasteiger partial charge in [-0.25, -0.2) is 0 Å². The number of carboxylic acids is 1. The number of amides is 2. The predicted molar refractivity (Wildman–Crippen MR) is 104 cm³/mol. The fourth-order valence-electron chi connectivity index (χ4n) is 2.44. The van der Waals surface area contributed by atoms with Crippen molar-refractivity contribution in [3.05, 3.63) is 68.5 Å². The molecule has 8 heteroatoms. The van der Waals surface area contributed by atoms with Gasteiger partial charge in [-0.3, -0.25) is 9.59 Å². The summed E-state index contributed by atoms with van der Waals surface area (Å²) in [5.41, 5.74) is 0.435. The summed E-state index contributed by atoms with van der Waals surface area (Å²) in [6.45, 7) is 0. The van der Waals surface area contributed by atoms with Gasteiger partial charge in [0.2, 0.25) is 11.8 Å². The van der Waals surface area contributed by atoms with Crippen molar-refractivity contribution >= 4 is 51.8 Å². The van der Waals surface area contributed by atoms with Crippen LogP contribution >= 0.6 is 22.7 Å². The predicted octanol–water partition coefficient (Wildman–Crippen LogP) is 2.54. The SMILES string of the molecule is O=C(Cc1cccs1)Nc1cc(NC(=O)Cc2cccs2)cc(C(=O)[O-])c1. The molecule has 0 saturated heterocycles. The molecule has 0 saturated carbocycles. The van der Waals surface area contributed by atoms with Crippen molar-refractivity contribution in [3.8, 4) is 0 Å². The number of thiophene rings is 2. The van der Waals surface area contributed by atoms with Gasteiger partial charge in [0.25, 0.3) is 0 Å². The van der Waals surface area contributed by atoms with Gasteiger partial charge < -0.3 is 20.5 Å². The van der Waals surface area contributed by atoms with Crippen LogP contribution in [0.4, 0.5) is 11.4 Å². The molecule has 0 spiro atoms. The Labute approximate surface area is 163 Å². The molecular weight excluding hydrogens is 384 g/mol. The molecule has 27 heavy (non-hydrogen) atoms. The number of aromatic carboxylic acids is 1. The van der Waals surface area contributed by atoms with Crippen LogP contribution in [0.15, 0.2) is 53.2 Å². The minimum Gasteiger partial charge on any atom is -0.545 e. The molecule has 0 atom stereocenters. The van der Waals surface area contributed by atoms with Crippen LogP contribution in [0, 0.1) is 0 Å². The lowest BCUT2D eigenvalue weighted by Gasteiger charge is -2.12. The summed E-state index contributed by atoms with van der Waals surface area (Å²) in [6, 6.07) is 11.5. The molecule has 1 aromatic carbocycles. The second-order valence-corrected chi connectivity index (χ2v) is 7.76. The van der Waals surface area contributed by atoms with E-state index in [-0.39, 0.29) is 41.6 Å². The van der Waals surface area contributed by atoms with Crippen molar-refractivity contribution in [2.75, 3.05) is 10.6 Å². The zero-order chi connectivity index (χ0) is 19.2. The number of benzene rings is 1. The first-order valence-electron chi connectivity index (χ1n) is 8.00. The lowest BCUT2D eigenvalue weighted by molar-refractivity contribution is -0.255. The summed E-state index contributed by atoms with van der Waals surface area (Å²) in [5, 5.41) is 20.3. The Morgan fingerprint density at radius 3 is 1.67 bits per heavy atom. The molecule has 0 radical (unpaired) electrons. The lowest BCUT2D eigenvalue weighted by Crippen LogP contribution is -2.23. The third kappa shape index (κ3) is 5.50. The van der Waals surface area contributed by atoms with Crippen LogP contribution < -0.4 is 15.7 Å². The van der Waals surface area contributed by atoms with Crippen LogP contribution in [0.5, 0.6) is 0 Å². The molecule has 0 fully saturated rings. The molecule has 2 amide bonds. The van der Waals surface area contributed by atoms with Crippen LogP contribution in [-0.4, -0.2) is 17.8 Å². The molecule has 3 aromatic rings. The number of carbonyl (C=O) groups is 3. The van der Waals surface area contributed by atoms with Crippen LogP contribution in [0.3, 0.4) is 0 Å². The van der Waals surface area contributed by atoms with E-state index in [1.807, 2.05) is 35.0 Å². The van der Waals surface area contributed by atoms with Crippen LogP contribution in [-0.2, 0) is 22.4 Å². The van der Waals surface area contributed by atoms with E-state index < -0.39 is 5.97 Å². The molecule has 0 aliphatic rings. The molecule has 6 nitrogen and oxygen atoms in total. The Kier molecular flexibility index (Phi) is 6.00. The van der Waals surface area contributed by atoms with Gasteiger partial charge in [0.05, 0.1) is 18.8 Å². The fraction of sp³-hybridized carbons (Fsp3) is 0.105. The summed E-state index contributed by atoms with van der Waals surface area (Å²) < 4.78 is 0. The summed E-state index contributed by atoms with van der Waals surface area (Å²) in [5.74, 6) is -1.94. The minimum absolute atomic E-state index is 0.129. The highest BCUT2D eigenvalue weighted by Gasteiger charge is 2.10. The Balaban J connectivity index is 1.72. The second kappa shape index (κ2) is 8.61. The smallest absolute Gasteiger partial charge is 0.229 e. The molecule has 0 bridgehead atoms. The maximum atomic E-state index is 12.2. The van der Waals surface area contributed by atoms with Crippen molar-refractivity contribution < 1.29 is 19.5 Å². The first-order chi connectivity index (χ1) is 13.0. The number of hydrogen-bond acceptors (Lipinski definition) is 6. The number of rotatable bonds is 7. The van der Waals surface area contributed by atoms with Crippen LogP contribution in [0.2, 0.25) is 0 Å². The molecule has 3 rings (SSSR count). The van der Waals surface area contributed by atoms with Crippen molar-refractivity contribution in [2.45, 2.75) is 12.8 Å². The lowest BCUT2D eigenvalue weighted by atomic mass is 10.1. The number of anilines is 2. The van der Waals surface area contributed by atoms with Crippen molar-refractivity contribution in [3.63, 3.8) is 0 Å². The Morgan fingerprint density at radius 1 is 0.815 bits per heavy atom. The van der Waals surface area contributed by atoms with Gasteiger partial charge >= 0.3 is 0 Å². The third-order valence-electron chi connectivity index (χ3n) is 3.57. The zero-order valence-electron chi connectivity index (χ0n) is 14.1. The maximum absolute atomic E-state index is 12.2. The topological polar surface area (TPSA) is 98.3 Å². The van der Waals surface area contributed by atoms with E-state index in [0.29, 0.717) is 0 Å². The monoisotopic (exact) mass is 399 g/mol. The number of hydrogen-bond donors (Lipinski definition) is 2. The standard InChI is InChI=1S/C19H16N2O4S2/c22-17(10-15-3-1-5-26-15)20-13-7-12(19(24)25)8-14(9-13)21-18(23)11-16-4-2-6-27-16/h1-9H,10-11H2,(H,20,22)(H,21,23)(H,24,25)/p-1. The second-order valence-electron chi connectivity index (χ2n) is 5.70. The largest absolute Gasteiger partial charge is 0.545 e. The zero-order valence-corrected chi connectivity index (χ0v) is 15.7. The van der Waals surface area contributed by atoms with E-state index in [1.54, 1.807) is 0 Å². The molecule has 2 aromatic heterocycles. The molecule has 2 heterocycles. The first-order valence-corrected chi connectivity index (χ1v) is 9.76. The van der Waals surface area contributed by atoms with Gasteiger partial charge in [-0.05, 0) is 41.1 Å². The van der Waals surface area contributed by atoms with E-state index in [4.69, 9.17) is 0 Å². The quantitative estimate of drug-likeness (QED) is 0.638. The van der Waals surface area contributed by atoms with Crippen LogP contribution in [0.1, 0.15) is 20.1 Å². The van der Waals surface area contributed by atoms with Gasteiger partial charge in [-0.15, -0.1) is 22.7 Å². The van der Waals surface area contributed by atoms with Crippen molar-refractivity contribution in [1.29, 1.82) is 0 Å². The Hall–Kier alpha value is -2.97. The maximum Gasteiger partial charge on any atom is 0.229 e. The Bertz CT molecular complexity index is 882. The number of carbonyl (C=O) groups excluding carboxylic acids is 3. The first kappa shape index (κ1) is 18.8. The van der Waals surface area contributed by atoms with E-state index in [0.717, 1.165) is 9.75 Å². The highest BCUT2D eigenvalue weighted by atomic mass is 32.1. The highest BCUT2D eigenvalue weighted by Crippen LogP contribution is 2.20. The average molecular weight is 399 g/mol. The summed E-state index contributed by atoms with van der Waals surface area (Å²) >= 11 is 2.92. The number of nitrogens with one attached hydrogen (secondary N) is 2. The molecule has 0 aliphatic heterocycles. The highest BCUT2D eigenvalue weighted by molar-refractivity contribution is 7.10. The molecular formula is C19H15N2O4S2-. The summed E-state index contributed by atoms with van der Waals surface area (Å²) in [7, 11) is 0. The molecule has 0 aliphatic carbocycles. The van der Waals surface area contributed by atoms with Crippen LogP contribution in [0.25, 0.3) is 0 Å². The van der Waals surface area contributed by atoms with E-state index in [2.05, 4.69) is 10.6 Å². The summed E-state index contributed by atoms with van der Waals surface area (Å²) in [6.07, 6.45) is 0.376. The summed E-state index contributed by atoms with van der Waals surface area (Å²) in [4.78, 5) is 37.4. The van der Waals surface area contributed by atoms with E-state index >= 15 is 0 Å². The van der Waals surface area contributed by atoms with Gasteiger partial charge in [-0.2, -0.15) is 0 Å². The van der Waals surface area contributed by atoms with Gasteiger partial charge in [0, 0.05) is 26.7 Å². The van der Waals surface area contributed by atoms with E-state index in [9.17, 15) is 19.5 Å². The normalized spacial score (nSPS) is 10.4. The van der Waals surface area contributed by atoms with Gasteiger partial charge in [0.15, 0.2) is 0 Å². The van der Waals surface area contributed by atoms with Gasteiger partial charge in [0.1, 0.15) is 0 Å². The van der Waals surface area contributed by atoms with Crippen molar-refractivity contribution in [1.82, 2.24) is 0 Å². The average Bonchev–Trinajstić information content (AvgIpc) is 3.28. The molecule has 138 valence electrons. The molecule has 2 N–H and O–H groups in total.